The summed E-state index contributed by atoms with van der Waals surface area (Å²) >= 11 is 12.9. The molecule has 4 aromatic rings. The molecule has 0 amide bonds. The van der Waals surface area contributed by atoms with Gasteiger partial charge in [0.25, 0.3) is 0 Å². The van der Waals surface area contributed by atoms with Gasteiger partial charge < -0.3 is 4.74 Å². The summed E-state index contributed by atoms with van der Waals surface area (Å²) in [5.41, 5.74) is 1.60. The molecule has 2 aromatic heterocycles. The first kappa shape index (κ1) is 19.4. The lowest BCUT2D eigenvalue weighted by Gasteiger charge is -2.26. The van der Waals surface area contributed by atoms with Crippen LogP contribution in [-0.2, 0) is 17.8 Å². The Labute approximate surface area is 176 Å². The fourth-order valence-electron chi connectivity index (χ4n) is 2.94. The molecule has 0 bridgehead atoms. The zero-order chi connectivity index (χ0) is 20.1. The summed E-state index contributed by atoms with van der Waals surface area (Å²) in [7, 11) is 0. The van der Waals surface area contributed by atoms with E-state index < -0.39 is 12.2 Å². The molecule has 0 N–H and O–H groups in total. The van der Waals surface area contributed by atoms with Crippen LogP contribution in [0.2, 0.25) is 10.0 Å². The molecule has 0 aliphatic heterocycles. The van der Waals surface area contributed by atoms with Gasteiger partial charge in [-0.15, -0.1) is 20.4 Å². The second-order valence-corrected chi connectivity index (χ2v) is 6.95. The van der Waals surface area contributed by atoms with E-state index in [-0.39, 0.29) is 0 Å². The molecule has 11 heteroatoms. The first-order valence-electron chi connectivity index (χ1n) is 8.76. The molecular formula is C18H16Cl2N8O. The van der Waals surface area contributed by atoms with Crippen LogP contribution in [0.1, 0.15) is 23.3 Å². The Bertz CT molecular complexity index is 958. The molecule has 2 heterocycles. The molecule has 0 fully saturated rings. The highest BCUT2D eigenvalue weighted by Crippen LogP contribution is 2.34. The minimum absolute atomic E-state index is 0.315. The molecule has 9 nitrogen and oxygen atoms in total. The number of halogens is 2. The van der Waals surface area contributed by atoms with Crippen LogP contribution in [0, 0.1) is 0 Å². The van der Waals surface area contributed by atoms with Gasteiger partial charge in [-0.25, -0.2) is 0 Å². The summed E-state index contributed by atoms with van der Waals surface area (Å²) < 4.78 is 6.50. The van der Waals surface area contributed by atoms with Crippen molar-refractivity contribution in [1.29, 1.82) is 0 Å². The van der Waals surface area contributed by atoms with Crippen molar-refractivity contribution in [2.45, 2.75) is 25.3 Å². The maximum atomic E-state index is 6.50. The minimum atomic E-state index is -0.470. The number of aromatic nitrogens is 8. The Hall–Kier alpha value is -2.88. The lowest BCUT2D eigenvalue weighted by Crippen LogP contribution is -2.22. The fourth-order valence-corrected chi connectivity index (χ4v) is 3.46. The molecule has 0 aliphatic rings. The summed E-state index contributed by atoms with van der Waals surface area (Å²) in [4.78, 5) is 2.90. The highest BCUT2D eigenvalue weighted by atomic mass is 35.5. The second kappa shape index (κ2) is 9.08. The first-order valence-corrected chi connectivity index (χ1v) is 9.52. The van der Waals surface area contributed by atoms with Gasteiger partial charge in [0.1, 0.15) is 12.2 Å². The maximum absolute atomic E-state index is 6.50. The van der Waals surface area contributed by atoms with Crippen LogP contribution >= 0.6 is 23.2 Å². The monoisotopic (exact) mass is 430 g/mol. The molecule has 2 aromatic carbocycles. The number of nitrogens with zero attached hydrogens (tertiary/aromatic N) is 8. The van der Waals surface area contributed by atoms with Gasteiger partial charge in [0, 0.05) is 21.2 Å². The van der Waals surface area contributed by atoms with Crippen molar-refractivity contribution < 1.29 is 4.74 Å². The van der Waals surface area contributed by atoms with E-state index in [1.165, 1.54) is 22.2 Å². The number of hydrogen-bond donors (Lipinski definition) is 0. The zero-order valence-electron chi connectivity index (χ0n) is 15.1. The minimum Gasteiger partial charge on any atom is -0.361 e. The Morgan fingerprint density at radius 3 is 1.55 bits per heavy atom. The molecule has 148 valence electrons. The summed E-state index contributed by atoms with van der Waals surface area (Å²) in [6.45, 7) is 0.630. The van der Waals surface area contributed by atoms with Crippen LogP contribution < -0.4 is 0 Å². The van der Waals surface area contributed by atoms with Crippen molar-refractivity contribution in [2.24, 2.45) is 0 Å². The van der Waals surface area contributed by atoms with E-state index in [4.69, 9.17) is 27.9 Å². The van der Waals surface area contributed by atoms with Crippen LogP contribution in [0.3, 0.4) is 0 Å². The van der Waals surface area contributed by atoms with Crippen molar-refractivity contribution in [3.8, 4) is 0 Å². The largest absolute Gasteiger partial charge is 0.361 e. The highest BCUT2D eigenvalue weighted by Gasteiger charge is 2.25. The molecule has 0 aliphatic carbocycles. The number of rotatable bonds is 8. The number of ether oxygens (including phenoxy) is 1. The van der Waals surface area contributed by atoms with E-state index >= 15 is 0 Å². The molecule has 0 spiro atoms. The molecule has 0 unspecified atom stereocenters. The van der Waals surface area contributed by atoms with Gasteiger partial charge in [-0.05, 0) is 22.6 Å². The summed E-state index contributed by atoms with van der Waals surface area (Å²) in [5, 5.41) is 24.8. The smallest absolute Gasteiger partial charge is 0.162 e. The first-order chi connectivity index (χ1) is 14.2. The van der Waals surface area contributed by atoms with E-state index in [1.54, 1.807) is 0 Å². The topological polar surface area (TPSA) is 96.4 Å². The van der Waals surface area contributed by atoms with Gasteiger partial charge in [-0.3, -0.25) is 0 Å². The Balaban J connectivity index is 1.69. The quantitative estimate of drug-likeness (QED) is 0.423. The predicted octanol–water partition coefficient (Wildman–Crippen LogP) is 3.17. The van der Waals surface area contributed by atoms with Crippen LogP contribution in [0.25, 0.3) is 0 Å². The van der Waals surface area contributed by atoms with Crippen molar-refractivity contribution >= 4 is 23.2 Å². The zero-order valence-corrected chi connectivity index (χ0v) is 16.6. The fraction of sp³-hybridized carbons (Fsp3) is 0.222. The molecule has 2 atom stereocenters. The van der Waals surface area contributed by atoms with E-state index in [1.807, 2.05) is 48.5 Å². The van der Waals surface area contributed by atoms with Crippen molar-refractivity contribution in [1.82, 2.24) is 40.4 Å². The van der Waals surface area contributed by atoms with E-state index in [0.717, 1.165) is 11.1 Å². The third kappa shape index (κ3) is 4.76. The number of hydrogen-bond acceptors (Lipinski definition) is 7. The summed E-state index contributed by atoms with van der Waals surface area (Å²) in [6, 6.07) is 15.0. The normalized spacial score (nSPS) is 13.3. The van der Waals surface area contributed by atoms with Gasteiger partial charge in [0.2, 0.25) is 0 Å². The number of tetrazole rings is 2. The lowest BCUT2D eigenvalue weighted by atomic mass is 10.1. The SMILES string of the molecule is Clc1ccccc1[C@H](Cn1ncnn1)O[C@@H](Cn1ncnn1)c1ccccc1Cl. The third-order valence-corrected chi connectivity index (χ3v) is 4.96. The maximum Gasteiger partial charge on any atom is 0.162 e. The van der Waals surface area contributed by atoms with E-state index in [9.17, 15) is 0 Å². The molecule has 29 heavy (non-hydrogen) atoms. The third-order valence-electron chi connectivity index (χ3n) is 4.27. The molecule has 0 saturated carbocycles. The second-order valence-electron chi connectivity index (χ2n) is 6.14. The van der Waals surface area contributed by atoms with Crippen LogP contribution in [-0.4, -0.2) is 40.4 Å². The molecule has 4 rings (SSSR count). The van der Waals surface area contributed by atoms with Crippen molar-refractivity contribution in [3.63, 3.8) is 0 Å². The van der Waals surface area contributed by atoms with Gasteiger partial charge in [0.15, 0.2) is 12.7 Å². The summed E-state index contributed by atoms with van der Waals surface area (Å²) in [5.74, 6) is 0. The molecular weight excluding hydrogens is 415 g/mol. The van der Waals surface area contributed by atoms with Crippen LogP contribution in [0.5, 0.6) is 0 Å². The predicted molar refractivity (Wildman–Crippen MR) is 105 cm³/mol. The Morgan fingerprint density at radius 1 is 0.724 bits per heavy atom. The van der Waals surface area contributed by atoms with Gasteiger partial charge in [-0.2, -0.15) is 9.59 Å². The average Bonchev–Trinajstić information content (AvgIpc) is 3.42. The molecule has 0 saturated heterocycles. The summed E-state index contributed by atoms with van der Waals surface area (Å²) in [6.07, 6.45) is 1.80. The van der Waals surface area contributed by atoms with Crippen LogP contribution in [0.15, 0.2) is 61.2 Å². The Morgan fingerprint density at radius 2 is 1.17 bits per heavy atom. The lowest BCUT2D eigenvalue weighted by molar-refractivity contribution is -0.0395. The standard InChI is InChI=1S/C18H16Cl2N8O/c19-15-7-3-1-5-13(15)17(9-27-23-11-21-25-27)29-18(10-28-24-12-22-26-28)14-6-2-4-8-16(14)20/h1-8,11-12,17-18H,9-10H2/t17-,18-/m0/s1. The van der Waals surface area contributed by atoms with Gasteiger partial charge >= 0.3 is 0 Å². The van der Waals surface area contributed by atoms with E-state index in [2.05, 4.69) is 30.8 Å². The van der Waals surface area contributed by atoms with E-state index in [0.29, 0.717) is 23.1 Å². The van der Waals surface area contributed by atoms with Gasteiger partial charge in [-0.1, -0.05) is 59.6 Å². The molecule has 0 radical (unpaired) electrons. The number of benzene rings is 2. The van der Waals surface area contributed by atoms with Crippen LogP contribution in [0.4, 0.5) is 0 Å². The van der Waals surface area contributed by atoms with Crippen molar-refractivity contribution in [2.75, 3.05) is 0 Å². The highest BCUT2D eigenvalue weighted by molar-refractivity contribution is 6.31. The average molecular weight is 431 g/mol. The van der Waals surface area contributed by atoms with Gasteiger partial charge in [0.05, 0.1) is 13.1 Å². The Kier molecular flexibility index (Phi) is 6.09. The van der Waals surface area contributed by atoms with Crippen molar-refractivity contribution in [3.05, 3.63) is 82.4 Å².